The third kappa shape index (κ3) is 6.61. The summed E-state index contributed by atoms with van der Waals surface area (Å²) >= 11 is 0. The molecule has 0 aromatic carbocycles. The molecule has 0 spiro atoms. The van der Waals surface area contributed by atoms with Crippen LogP contribution in [0.2, 0.25) is 0 Å². The molecule has 0 unspecified atom stereocenters. The fraction of sp³-hybridized carbons (Fsp3) is 0.846. The van der Waals surface area contributed by atoms with E-state index in [1.54, 1.807) is 25.7 Å². The lowest BCUT2D eigenvalue weighted by atomic mass is 10.2. The molecular weight excluding hydrogens is 310 g/mol. The number of alkyl carbamates (subject to hydrolysis) is 1. The highest BCUT2D eigenvalue weighted by molar-refractivity contribution is 7.88. The fourth-order valence-corrected chi connectivity index (χ4v) is 2.84. The largest absolute Gasteiger partial charge is 0.444 e. The lowest BCUT2D eigenvalue weighted by molar-refractivity contribution is -0.132. The van der Waals surface area contributed by atoms with Gasteiger partial charge in [0.1, 0.15) is 5.60 Å². The van der Waals surface area contributed by atoms with Crippen LogP contribution in [0.5, 0.6) is 0 Å². The van der Waals surface area contributed by atoms with Gasteiger partial charge in [0.25, 0.3) is 0 Å². The van der Waals surface area contributed by atoms with E-state index in [9.17, 15) is 18.0 Å². The van der Waals surface area contributed by atoms with Crippen LogP contribution >= 0.6 is 0 Å². The Morgan fingerprint density at radius 3 is 2.14 bits per heavy atom. The second-order valence-corrected chi connectivity index (χ2v) is 8.20. The summed E-state index contributed by atoms with van der Waals surface area (Å²) in [5.74, 6) is -0.107. The van der Waals surface area contributed by atoms with Gasteiger partial charge in [0.2, 0.25) is 15.9 Å². The minimum atomic E-state index is -3.20. The number of ether oxygens (including phenoxy) is 1. The van der Waals surface area contributed by atoms with Crippen LogP contribution in [0, 0.1) is 0 Å². The van der Waals surface area contributed by atoms with Crippen molar-refractivity contribution in [2.45, 2.75) is 32.8 Å². The summed E-state index contributed by atoms with van der Waals surface area (Å²) in [4.78, 5) is 25.0. The minimum Gasteiger partial charge on any atom is -0.444 e. The highest BCUT2D eigenvalue weighted by atomic mass is 32.2. The van der Waals surface area contributed by atoms with Crippen molar-refractivity contribution in [3.05, 3.63) is 0 Å². The number of rotatable bonds is 4. The van der Waals surface area contributed by atoms with E-state index in [1.165, 1.54) is 4.31 Å². The molecular formula is C13H25N3O5S. The standard InChI is InChI=1S/C13H25N3O5S/c1-13(2,3)21-12(18)14-6-5-11(17)15-7-9-16(10-8-15)22(4,19)20/h5-10H2,1-4H3,(H,14,18). The summed E-state index contributed by atoms with van der Waals surface area (Å²) < 4.78 is 29.2. The summed E-state index contributed by atoms with van der Waals surface area (Å²) in [6.45, 7) is 6.85. The summed E-state index contributed by atoms with van der Waals surface area (Å²) in [5, 5.41) is 2.53. The molecule has 8 nitrogen and oxygen atoms in total. The molecule has 22 heavy (non-hydrogen) atoms. The molecule has 0 aromatic heterocycles. The highest BCUT2D eigenvalue weighted by Gasteiger charge is 2.25. The van der Waals surface area contributed by atoms with Gasteiger partial charge in [-0.05, 0) is 20.8 Å². The Morgan fingerprint density at radius 1 is 1.14 bits per heavy atom. The Balaban J connectivity index is 2.29. The minimum absolute atomic E-state index is 0.107. The first-order valence-electron chi connectivity index (χ1n) is 7.19. The molecule has 0 aromatic rings. The molecule has 0 aliphatic carbocycles. The van der Waals surface area contributed by atoms with E-state index in [1.807, 2.05) is 0 Å². The van der Waals surface area contributed by atoms with Gasteiger partial charge in [0, 0.05) is 39.1 Å². The van der Waals surface area contributed by atoms with Gasteiger partial charge in [-0.15, -0.1) is 0 Å². The maximum Gasteiger partial charge on any atom is 0.407 e. The van der Waals surface area contributed by atoms with Crippen LogP contribution in [0.4, 0.5) is 4.79 Å². The zero-order valence-electron chi connectivity index (χ0n) is 13.6. The van der Waals surface area contributed by atoms with E-state index in [-0.39, 0.29) is 18.9 Å². The van der Waals surface area contributed by atoms with Gasteiger partial charge >= 0.3 is 6.09 Å². The number of hydrogen-bond acceptors (Lipinski definition) is 5. The Labute approximate surface area is 131 Å². The fourth-order valence-electron chi connectivity index (χ4n) is 2.01. The van der Waals surface area contributed by atoms with Gasteiger partial charge in [-0.1, -0.05) is 0 Å². The van der Waals surface area contributed by atoms with Gasteiger partial charge in [-0.2, -0.15) is 4.31 Å². The molecule has 1 N–H and O–H groups in total. The maximum absolute atomic E-state index is 12.0. The average molecular weight is 335 g/mol. The Morgan fingerprint density at radius 2 is 1.68 bits per heavy atom. The SMILES string of the molecule is CC(C)(C)OC(=O)NCCC(=O)N1CCN(S(C)(=O)=O)CC1. The Bertz CT molecular complexity index is 504. The van der Waals surface area contributed by atoms with Crippen molar-refractivity contribution in [3.8, 4) is 0 Å². The predicted octanol–water partition coefficient (Wildman–Crippen LogP) is 0.00500. The van der Waals surface area contributed by atoms with Crippen LogP contribution in [0.1, 0.15) is 27.2 Å². The van der Waals surface area contributed by atoms with Crippen molar-refractivity contribution in [1.82, 2.24) is 14.5 Å². The van der Waals surface area contributed by atoms with Gasteiger partial charge in [-0.25, -0.2) is 13.2 Å². The van der Waals surface area contributed by atoms with Crippen molar-refractivity contribution in [1.29, 1.82) is 0 Å². The summed E-state index contributed by atoms with van der Waals surface area (Å²) in [7, 11) is -3.20. The third-order valence-corrected chi connectivity index (χ3v) is 4.37. The highest BCUT2D eigenvalue weighted by Crippen LogP contribution is 2.08. The van der Waals surface area contributed by atoms with Gasteiger partial charge < -0.3 is 15.0 Å². The number of carbonyl (C=O) groups excluding carboxylic acids is 2. The zero-order chi connectivity index (χ0) is 17.0. The molecule has 1 aliphatic rings. The smallest absolute Gasteiger partial charge is 0.407 e. The second kappa shape index (κ2) is 7.28. The first-order chi connectivity index (χ1) is 9.99. The molecule has 1 saturated heterocycles. The number of amides is 2. The molecule has 0 atom stereocenters. The number of carbonyl (C=O) groups is 2. The number of nitrogens with zero attached hydrogens (tertiary/aromatic N) is 2. The van der Waals surface area contributed by atoms with E-state index >= 15 is 0 Å². The summed E-state index contributed by atoms with van der Waals surface area (Å²) in [6, 6.07) is 0. The molecule has 0 radical (unpaired) electrons. The molecule has 128 valence electrons. The van der Waals surface area contributed by atoms with Crippen molar-refractivity contribution in [2.75, 3.05) is 39.0 Å². The monoisotopic (exact) mass is 335 g/mol. The lowest BCUT2D eigenvalue weighted by Crippen LogP contribution is -2.50. The number of hydrogen-bond donors (Lipinski definition) is 1. The number of sulfonamides is 1. The van der Waals surface area contributed by atoms with E-state index < -0.39 is 21.7 Å². The van der Waals surface area contributed by atoms with Crippen LogP contribution < -0.4 is 5.32 Å². The topological polar surface area (TPSA) is 96.0 Å². The number of nitrogens with one attached hydrogen (secondary N) is 1. The third-order valence-electron chi connectivity index (χ3n) is 3.07. The van der Waals surface area contributed by atoms with Gasteiger partial charge in [-0.3, -0.25) is 4.79 Å². The normalized spacial score (nSPS) is 17.2. The molecule has 9 heteroatoms. The second-order valence-electron chi connectivity index (χ2n) is 6.22. The van der Waals surface area contributed by atoms with E-state index in [0.29, 0.717) is 26.2 Å². The summed E-state index contributed by atoms with van der Waals surface area (Å²) in [5.41, 5.74) is -0.573. The quantitative estimate of drug-likeness (QED) is 0.780. The average Bonchev–Trinajstić information content (AvgIpc) is 2.35. The Kier molecular flexibility index (Phi) is 6.18. The molecule has 2 amide bonds. The van der Waals surface area contributed by atoms with Crippen LogP contribution in [0.3, 0.4) is 0 Å². The predicted molar refractivity (Wildman–Crippen MR) is 81.9 cm³/mol. The van der Waals surface area contributed by atoms with Crippen LogP contribution in [-0.2, 0) is 19.6 Å². The van der Waals surface area contributed by atoms with E-state index in [2.05, 4.69) is 5.32 Å². The molecule has 1 aliphatic heterocycles. The van der Waals surface area contributed by atoms with Gasteiger partial charge in [0.05, 0.1) is 6.26 Å². The van der Waals surface area contributed by atoms with E-state index in [4.69, 9.17) is 4.74 Å². The summed E-state index contributed by atoms with van der Waals surface area (Å²) in [6.07, 6.45) is 0.773. The lowest BCUT2D eigenvalue weighted by Gasteiger charge is -2.33. The van der Waals surface area contributed by atoms with Crippen molar-refractivity contribution < 1.29 is 22.7 Å². The van der Waals surface area contributed by atoms with Crippen LogP contribution in [-0.4, -0.2) is 74.2 Å². The van der Waals surface area contributed by atoms with E-state index in [0.717, 1.165) is 6.26 Å². The molecule has 1 heterocycles. The van der Waals surface area contributed by atoms with Crippen molar-refractivity contribution in [3.63, 3.8) is 0 Å². The first-order valence-corrected chi connectivity index (χ1v) is 9.03. The van der Waals surface area contributed by atoms with Crippen LogP contribution in [0.25, 0.3) is 0 Å². The van der Waals surface area contributed by atoms with Crippen molar-refractivity contribution >= 4 is 22.0 Å². The maximum atomic E-state index is 12.0. The molecule has 1 fully saturated rings. The molecule has 0 saturated carbocycles. The zero-order valence-corrected chi connectivity index (χ0v) is 14.4. The molecule has 1 rings (SSSR count). The first kappa shape index (κ1) is 18.7. The van der Waals surface area contributed by atoms with Crippen molar-refractivity contribution in [2.24, 2.45) is 0 Å². The van der Waals surface area contributed by atoms with Gasteiger partial charge in [0.15, 0.2) is 0 Å². The molecule has 0 bridgehead atoms. The van der Waals surface area contributed by atoms with Crippen LogP contribution in [0.15, 0.2) is 0 Å². The number of piperazine rings is 1. The Hall–Kier alpha value is -1.35.